The van der Waals surface area contributed by atoms with Crippen molar-refractivity contribution in [3.8, 4) is 5.75 Å². The first-order valence-corrected chi connectivity index (χ1v) is 7.08. The zero-order chi connectivity index (χ0) is 13.9. The summed E-state index contributed by atoms with van der Waals surface area (Å²) in [4.78, 5) is 0. The maximum atomic E-state index is 13.2. The van der Waals surface area contributed by atoms with Gasteiger partial charge in [0.05, 0.1) is 0 Å². The van der Waals surface area contributed by atoms with E-state index in [1.165, 1.54) is 18.6 Å². The van der Waals surface area contributed by atoms with E-state index in [9.17, 15) is 4.39 Å². The van der Waals surface area contributed by atoms with Crippen molar-refractivity contribution in [1.82, 2.24) is 5.32 Å². The van der Waals surface area contributed by atoms with Gasteiger partial charge in [-0.25, -0.2) is 4.39 Å². The molecular formula is C16H24FNO. The Kier molecular flexibility index (Phi) is 4.14. The molecule has 19 heavy (non-hydrogen) atoms. The molecule has 1 aromatic rings. The Bertz CT molecular complexity index is 421. The van der Waals surface area contributed by atoms with Crippen molar-refractivity contribution in [3.63, 3.8) is 0 Å². The van der Waals surface area contributed by atoms with E-state index in [1.54, 1.807) is 6.07 Å². The van der Waals surface area contributed by atoms with Gasteiger partial charge in [-0.2, -0.15) is 0 Å². The lowest BCUT2D eigenvalue weighted by atomic mass is 9.77. The summed E-state index contributed by atoms with van der Waals surface area (Å²) in [5.74, 6) is 0.412. The zero-order valence-corrected chi connectivity index (χ0v) is 12.1. The minimum Gasteiger partial charge on any atom is -0.487 e. The van der Waals surface area contributed by atoms with Gasteiger partial charge in [0.2, 0.25) is 0 Å². The fraction of sp³-hybridized carbons (Fsp3) is 0.625. The number of hydrogen-bond donors (Lipinski definition) is 1. The van der Waals surface area contributed by atoms with Crippen LogP contribution in [-0.2, 0) is 0 Å². The second-order valence-corrected chi connectivity index (χ2v) is 6.52. The maximum Gasteiger partial charge on any atom is 0.126 e. The average molecular weight is 265 g/mol. The van der Waals surface area contributed by atoms with Crippen molar-refractivity contribution < 1.29 is 9.13 Å². The number of ether oxygens (including phenoxy) is 1. The lowest BCUT2D eigenvalue weighted by Gasteiger charge is -2.42. The van der Waals surface area contributed by atoms with Gasteiger partial charge in [-0.15, -0.1) is 0 Å². The monoisotopic (exact) mass is 265 g/mol. The molecule has 1 aliphatic carbocycles. The Balaban J connectivity index is 1.91. The summed E-state index contributed by atoms with van der Waals surface area (Å²) >= 11 is 0. The van der Waals surface area contributed by atoms with E-state index in [1.807, 2.05) is 6.07 Å². The summed E-state index contributed by atoms with van der Waals surface area (Å²) < 4.78 is 19.2. The molecule has 2 rings (SSSR count). The highest BCUT2D eigenvalue weighted by molar-refractivity contribution is 5.24. The van der Waals surface area contributed by atoms with Gasteiger partial charge in [0.15, 0.2) is 0 Å². The normalized spacial score (nSPS) is 17.9. The molecule has 0 unspecified atom stereocenters. The first kappa shape index (κ1) is 14.3. The summed E-state index contributed by atoms with van der Waals surface area (Å²) in [5, 5.41) is 3.49. The molecule has 0 aliphatic heterocycles. The van der Waals surface area contributed by atoms with E-state index in [2.05, 4.69) is 26.1 Å². The van der Waals surface area contributed by atoms with Crippen LogP contribution in [0.5, 0.6) is 5.75 Å². The zero-order valence-electron chi connectivity index (χ0n) is 12.1. The van der Waals surface area contributed by atoms with E-state index < -0.39 is 0 Å². The molecule has 1 saturated carbocycles. The van der Waals surface area contributed by atoms with Crippen molar-refractivity contribution >= 4 is 0 Å². The second-order valence-electron chi connectivity index (χ2n) is 6.52. The molecule has 0 amide bonds. The molecule has 1 N–H and O–H groups in total. The van der Waals surface area contributed by atoms with E-state index in [4.69, 9.17) is 4.74 Å². The summed E-state index contributed by atoms with van der Waals surface area (Å²) in [6, 6.07) is 6.45. The summed E-state index contributed by atoms with van der Waals surface area (Å²) in [6.45, 7) is 7.41. The van der Waals surface area contributed by atoms with Crippen LogP contribution in [0.25, 0.3) is 0 Å². The van der Waals surface area contributed by atoms with Crippen molar-refractivity contribution in [3.05, 3.63) is 30.1 Å². The lowest BCUT2D eigenvalue weighted by molar-refractivity contribution is -0.0154. The molecule has 1 fully saturated rings. The van der Waals surface area contributed by atoms with Crippen LogP contribution in [0.2, 0.25) is 0 Å². The molecule has 3 heteroatoms. The Hall–Kier alpha value is -1.09. The molecule has 0 radical (unpaired) electrons. The van der Waals surface area contributed by atoms with Crippen LogP contribution in [0.4, 0.5) is 4.39 Å². The first-order chi connectivity index (χ1) is 8.89. The Morgan fingerprint density at radius 2 is 2.05 bits per heavy atom. The number of benzene rings is 1. The average Bonchev–Trinajstić information content (AvgIpc) is 2.24. The summed E-state index contributed by atoms with van der Waals surface area (Å²) in [7, 11) is 0. The van der Waals surface area contributed by atoms with Crippen LogP contribution in [0.1, 0.15) is 46.5 Å². The summed E-state index contributed by atoms with van der Waals surface area (Å²) in [6.07, 6.45) is 4.30. The van der Waals surface area contributed by atoms with Gasteiger partial charge >= 0.3 is 0 Å². The third kappa shape index (κ3) is 4.20. The molecule has 0 aromatic heterocycles. The van der Waals surface area contributed by atoms with Crippen LogP contribution >= 0.6 is 0 Å². The Morgan fingerprint density at radius 3 is 2.58 bits per heavy atom. The van der Waals surface area contributed by atoms with Gasteiger partial charge < -0.3 is 10.1 Å². The smallest absolute Gasteiger partial charge is 0.126 e. The van der Waals surface area contributed by atoms with Gasteiger partial charge in [-0.05, 0) is 65.1 Å². The van der Waals surface area contributed by atoms with Crippen LogP contribution in [0.3, 0.4) is 0 Å². The molecular weight excluding hydrogens is 241 g/mol. The van der Waals surface area contributed by atoms with Gasteiger partial charge in [-0.1, -0.05) is 6.07 Å². The predicted octanol–water partition coefficient (Wildman–Crippen LogP) is 3.91. The fourth-order valence-electron chi connectivity index (χ4n) is 2.42. The molecule has 0 heterocycles. The van der Waals surface area contributed by atoms with Gasteiger partial charge in [0, 0.05) is 11.6 Å². The minimum atomic E-state index is -0.236. The predicted molar refractivity (Wildman–Crippen MR) is 76.0 cm³/mol. The van der Waals surface area contributed by atoms with Crippen molar-refractivity contribution in [2.75, 3.05) is 6.54 Å². The highest BCUT2D eigenvalue weighted by atomic mass is 19.1. The van der Waals surface area contributed by atoms with Crippen LogP contribution in [0.15, 0.2) is 24.3 Å². The standard InChI is InChI=1S/C16H24FNO/c1-15(2,3)18-11-10-16(8-5-9-16)19-14-7-4-6-13(17)12-14/h4,6-7,12,18H,5,8-11H2,1-3H3. The first-order valence-electron chi connectivity index (χ1n) is 7.08. The van der Waals surface area contributed by atoms with Crippen molar-refractivity contribution in [2.45, 2.75) is 57.6 Å². The third-order valence-electron chi connectivity index (χ3n) is 3.63. The van der Waals surface area contributed by atoms with Gasteiger partial charge in [0.25, 0.3) is 0 Å². The van der Waals surface area contributed by atoms with Gasteiger partial charge in [0.1, 0.15) is 17.2 Å². The molecule has 1 aliphatic rings. The molecule has 1 aromatic carbocycles. The van der Waals surface area contributed by atoms with E-state index in [0.717, 1.165) is 25.8 Å². The topological polar surface area (TPSA) is 21.3 Å². The van der Waals surface area contributed by atoms with E-state index in [0.29, 0.717) is 5.75 Å². The van der Waals surface area contributed by atoms with Crippen LogP contribution in [-0.4, -0.2) is 17.7 Å². The quantitative estimate of drug-likeness (QED) is 0.871. The van der Waals surface area contributed by atoms with E-state index in [-0.39, 0.29) is 17.0 Å². The lowest BCUT2D eigenvalue weighted by Crippen LogP contribution is -2.47. The van der Waals surface area contributed by atoms with Crippen LogP contribution in [0, 0.1) is 5.82 Å². The molecule has 0 atom stereocenters. The number of nitrogens with one attached hydrogen (secondary N) is 1. The highest BCUT2D eigenvalue weighted by Gasteiger charge is 2.39. The Morgan fingerprint density at radius 1 is 1.32 bits per heavy atom. The molecule has 106 valence electrons. The maximum absolute atomic E-state index is 13.2. The largest absolute Gasteiger partial charge is 0.487 e. The summed E-state index contributed by atoms with van der Waals surface area (Å²) in [5.41, 5.74) is 0.0375. The molecule has 2 nitrogen and oxygen atoms in total. The highest BCUT2D eigenvalue weighted by Crippen LogP contribution is 2.39. The molecule has 0 saturated heterocycles. The van der Waals surface area contributed by atoms with Crippen molar-refractivity contribution in [2.24, 2.45) is 0 Å². The van der Waals surface area contributed by atoms with Gasteiger partial charge in [-0.3, -0.25) is 0 Å². The number of hydrogen-bond acceptors (Lipinski definition) is 2. The van der Waals surface area contributed by atoms with E-state index >= 15 is 0 Å². The Labute approximate surface area is 115 Å². The van der Waals surface area contributed by atoms with Crippen LogP contribution < -0.4 is 10.1 Å². The number of rotatable bonds is 5. The number of halogens is 1. The molecule has 0 bridgehead atoms. The minimum absolute atomic E-state index is 0.0912. The SMILES string of the molecule is CC(C)(C)NCCC1(Oc2cccc(F)c2)CCC1. The third-order valence-corrected chi connectivity index (χ3v) is 3.63. The van der Waals surface area contributed by atoms with Crippen molar-refractivity contribution in [1.29, 1.82) is 0 Å². The fourth-order valence-corrected chi connectivity index (χ4v) is 2.42. The molecule has 0 spiro atoms. The second kappa shape index (κ2) is 5.49.